The summed E-state index contributed by atoms with van der Waals surface area (Å²) in [6, 6.07) is 53.9. The van der Waals surface area contributed by atoms with Crippen LogP contribution in [0.4, 0.5) is 11.4 Å². The Balaban J connectivity index is 1.16. The molecule has 3 aromatic heterocycles. The Bertz CT molecular complexity index is 3290. The molecule has 8 bridgehead atoms. The van der Waals surface area contributed by atoms with Crippen molar-refractivity contribution in [2.75, 3.05) is 10.7 Å². The lowest BCUT2D eigenvalue weighted by molar-refractivity contribution is -0.384. The number of thioether (sulfide) groups is 1. The second-order valence-electron chi connectivity index (χ2n) is 15.4. The lowest BCUT2D eigenvalue weighted by atomic mass is 10.0. The standard InChI is InChI=1S/C53H36N6O3S/c60-48-32-63-53(37-18-22-39(23-19-37)59(61)62)58(48)38-20-16-36(17-21-38)52-46-30-28-44(56-46)50(34-12-6-2-7-13-34)42-26-24-40(54-42)49(33-10-4-1-5-11-33)41-25-27-43(55-41)51(35-14-8-3-9-15-35)45-29-31-47(52)57-45/h1-31,53-54,57H,32H2. The summed E-state index contributed by atoms with van der Waals surface area (Å²) in [4.78, 5) is 44.6. The monoisotopic (exact) mass is 836 g/mol. The third-order valence-electron chi connectivity index (χ3n) is 11.6. The lowest BCUT2D eigenvalue weighted by Gasteiger charge is -2.24. The molecule has 10 heteroatoms. The number of nitro groups is 1. The van der Waals surface area contributed by atoms with Crippen molar-refractivity contribution in [3.8, 4) is 44.5 Å². The highest BCUT2D eigenvalue weighted by Crippen LogP contribution is 2.44. The number of non-ortho nitro benzene ring substituents is 1. The minimum Gasteiger partial charge on any atom is -0.354 e. The first-order valence-corrected chi connectivity index (χ1v) is 21.6. The number of nitrogens with one attached hydrogen (secondary N) is 2. The van der Waals surface area contributed by atoms with E-state index in [0.717, 1.165) is 101 Å². The Morgan fingerprint density at radius 1 is 0.508 bits per heavy atom. The van der Waals surface area contributed by atoms with Crippen LogP contribution in [0.5, 0.6) is 0 Å². The molecule has 6 heterocycles. The molecule has 11 rings (SSSR count). The summed E-state index contributed by atoms with van der Waals surface area (Å²) in [5, 5.41) is 11.0. The SMILES string of the molecule is O=C1CSC(c2ccc([N+](=O)[O-])cc2)N1c1ccc(-c2c3nc(c(-c4ccccc4)c4ccc([nH]4)c(-c4ccccc4)c4nc(c(-c5ccccc5)c5ccc2[nH]5)C=C4)C=C3)cc1. The van der Waals surface area contributed by atoms with Crippen LogP contribution in [-0.4, -0.2) is 36.5 Å². The predicted molar refractivity (Wildman–Crippen MR) is 256 cm³/mol. The van der Waals surface area contributed by atoms with Crippen LogP contribution in [0.3, 0.4) is 0 Å². The van der Waals surface area contributed by atoms with E-state index in [1.807, 2.05) is 66.7 Å². The minimum absolute atomic E-state index is 0.0121. The molecule has 5 aromatic carbocycles. The molecule has 9 nitrogen and oxygen atoms in total. The fourth-order valence-electron chi connectivity index (χ4n) is 8.73. The van der Waals surface area contributed by atoms with Crippen LogP contribution >= 0.6 is 11.8 Å². The van der Waals surface area contributed by atoms with Crippen LogP contribution in [0.2, 0.25) is 0 Å². The zero-order chi connectivity index (χ0) is 42.4. The molecule has 3 aliphatic rings. The van der Waals surface area contributed by atoms with E-state index >= 15 is 0 Å². The number of amides is 1. The number of nitro benzene ring substituents is 1. The number of benzene rings is 5. The number of fused-ring (bicyclic) bond motifs is 8. The van der Waals surface area contributed by atoms with Gasteiger partial charge in [-0.3, -0.25) is 19.8 Å². The smallest absolute Gasteiger partial charge is 0.269 e. The highest BCUT2D eigenvalue weighted by molar-refractivity contribution is 8.00. The summed E-state index contributed by atoms with van der Waals surface area (Å²) in [6.45, 7) is 0. The molecule has 63 heavy (non-hydrogen) atoms. The quantitative estimate of drug-likeness (QED) is 0.122. The van der Waals surface area contributed by atoms with Crippen molar-refractivity contribution in [1.29, 1.82) is 0 Å². The topological polar surface area (TPSA) is 121 Å². The third kappa shape index (κ3) is 6.92. The first-order valence-electron chi connectivity index (χ1n) is 20.6. The van der Waals surface area contributed by atoms with E-state index in [0.29, 0.717) is 5.75 Å². The molecule has 1 unspecified atom stereocenters. The Morgan fingerprint density at radius 3 is 1.27 bits per heavy atom. The van der Waals surface area contributed by atoms with Crippen molar-refractivity contribution in [3.63, 3.8) is 0 Å². The van der Waals surface area contributed by atoms with Crippen molar-refractivity contribution in [2.24, 2.45) is 0 Å². The van der Waals surface area contributed by atoms with Crippen LogP contribution in [-0.2, 0) is 4.79 Å². The minimum atomic E-state index is -0.415. The summed E-state index contributed by atoms with van der Waals surface area (Å²) in [5.41, 5.74) is 16.3. The van der Waals surface area contributed by atoms with Crippen LogP contribution in [0, 0.1) is 10.1 Å². The van der Waals surface area contributed by atoms with E-state index in [-0.39, 0.29) is 17.0 Å². The molecule has 0 saturated carbocycles. The number of carbonyl (C=O) groups is 1. The van der Waals surface area contributed by atoms with Crippen LogP contribution in [0.15, 0.2) is 164 Å². The fraction of sp³-hybridized carbons (Fsp3) is 0.0377. The fourth-order valence-corrected chi connectivity index (χ4v) is 9.91. The number of H-pyrrole nitrogens is 2. The van der Waals surface area contributed by atoms with Crippen molar-refractivity contribution >= 4 is 75.4 Å². The van der Waals surface area contributed by atoms with Gasteiger partial charge in [0.1, 0.15) is 5.37 Å². The van der Waals surface area contributed by atoms with Gasteiger partial charge in [-0.05, 0) is 101 Å². The maximum atomic E-state index is 13.4. The highest BCUT2D eigenvalue weighted by Gasteiger charge is 2.34. The van der Waals surface area contributed by atoms with E-state index < -0.39 is 4.92 Å². The summed E-state index contributed by atoms with van der Waals surface area (Å²) < 4.78 is 0. The van der Waals surface area contributed by atoms with E-state index in [4.69, 9.17) is 9.97 Å². The van der Waals surface area contributed by atoms with Crippen LogP contribution in [0.1, 0.15) is 33.7 Å². The number of hydrogen-bond acceptors (Lipinski definition) is 6. The average Bonchev–Trinajstić information content (AvgIpc) is 4.20. The Kier molecular flexibility index (Phi) is 9.47. The normalized spacial score (nSPS) is 14.4. The van der Waals surface area contributed by atoms with Crippen LogP contribution < -0.4 is 4.90 Å². The maximum absolute atomic E-state index is 13.4. The number of anilines is 1. The zero-order valence-corrected chi connectivity index (χ0v) is 34.4. The third-order valence-corrected chi connectivity index (χ3v) is 12.8. The largest absolute Gasteiger partial charge is 0.354 e. The first-order chi connectivity index (χ1) is 31.0. The molecular weight excluding hydrogens is 801 g/mol. The summed E-state index contributed by atoms with van der Waals surface area (Å²) in [7, 11) is 0. The van der Waals surface area contributed by atoms with Gasteiger partial charge >= 0.3 is 0 Å². The van der Waals surface area contributed by atoms with Gasteiger partial charge in [0.2, 0.25) is 5.91 Å². The van der Waals surface area contributed by atoms with Gasteiger partial charge in [-0.15, -0.1) is 11.8 Å². The summed E-state index contributed by atoms with van der Waals surface area (Å²) >= 11 is 1.51. The number of hydrogen-bond donors (Lipinski definition) is 2. The molecule has 0 spiro atoms. The van der Waals surface area contributed by atoms with Crippen molar-refractivity contribution in [1.82, 2.24) is 19.9 Å². The maximum Gasteiger partial charge on any atom is 0.269 e. The number of rotatable bonds is 7. The summed E-state index contributed by atoms with van der Waals surface area (Å²) in [6.07, 6.45) is 8.35. The number of carbonyl (C=O) groups excluding carboxylic acids is 1. The van der Waals surface area contributed by atoms with Gasteiger partial charge in [-0.1, -0.05) is 103 Å². The molecule has 0 aliphatic carbocycles. The number of aromatic amines is 2. The van der Waals surface area contributed by atoms with Gasteiger partial charge in [0.05, 0.1) is 33.5 Å². The Labute approximate surface area is 366 Å². The Morgan fingerprint density at radius 2 is 0.889 bits per heavy atom. The molecule has 1 amide bonds. The molecule has 3 aliphatic heterocycles. The van der Waals surface area contributed by atoms with E-state index in [1.165, 1.54) is 23.9 Å². The number of nitrogens with zero attached hydrogens (tertiary/aromatic N) is 4. The molecule has 1 fully saturated rings. The molecule has 1 saturated heterocycles. The van der Waals surface area contributed by atoms with Crippen LogP contribution in [0.25, 0.3) is 90.9 Å². The van der Waals surface area contributed by atoms with Crippen molar-refractivity contribution < 1.29 is 9.72 Å². The van der Waals surface area contributed by atoms with Gasteiger partial charge in [-0.2, -0.15) is 0 Å². The van der Waals surface area contributed by atoms with Gasteiger partial charge in [0.15, 0.2) is 0 Å². The lowest BCUT2D eigenvalue weighted by Crippen LogP contribution is -2.27. The number of aromatic nitrogens is 4. The first kappa shape index (κ1) is 37.9. The predicted octanol–water partition coefficient (Wildman–Crippen LogP) is 13.0. The second-order valence-corrected chi connectivity index (χ2v) is 16.5. The second kappa shape index (κ2) is 15.7. The highest BCUT2D eigenvalue weighted by atomic mass is 32.2. The molecule has 8 aromatic rings. The Hall–Kier alpha value is -8.08. The van der Waals surface area contributed by atoms with Gasteiger partial charge < -0.3 is 9.97 Å². The molecule has 1 atom stereocenters. The average molecular weight is 837 g/mol. The molecular formula is C53H36N6O3S. The van der Waals surface area contributed by atoms with Crippen molar-refractivity contribution in [2.45, 2.75) is 5.37 Å². The summed E-state index contributed by atoms with van der Waals surface area (Å²) in [5.74, 6) is 0.281. The van der Waals surface area contributed by atoms with E-state index in [2.05, 4.69) is 107 Å². The van der Waals surface area contributed by atoms with Gasteiger partial charge in [0.25, 0.3) is 5.69 Å². The van der Waals surface area contributed by atoms with Crippen molar-refractivity contribution in [3.05, 3.63) is 202 Å². The molecule has 302 valence electrons. The van der Waals surface area contributed by atoms with Gasteiger partial charge in [0, 0.05) is 62.1 Å². The van der Waals surface area contributed by atoms with E-state index in [1.54, 1.807) is 17.0 Å². The molecule has 2 N–H and O–H groups in total. The van der Waals surface area contributed by atoms with Gasteiger partial charge in [-0.25, -0.2) is 9.97 Å². The zero-order valence-electron chi connectivity index (χ0n) is 33.6. The molecule has 0 radical (unpaired) electrons. The van der Waals surface area contributed by atoms with E-state index in [9.17, 15) is 14.9 Å².